The molecule has 1 aromatic rings. The van der Waals surface area contributed by atoms with Gasteiger partial charge in [-0.1, -0.05) is 13.8 Å². The molecule has 0 aliphatic carbocycles. The number of benzene rings is 1. The lowest BCUT2D eigenvalue weighted by Crippen LogP contribution is -2.39. The zero-order valence-corrected chi connectivity index (χ0v) is 13.1. The first-order valence-corrected chi connectivity index (χ1v) is 6.56. The van der Waals surface area contributed by atoms with E-state index in [0.29, 0.717) is 0 Å². The van der Waals surface area contributed by atoms with Gasteiger partial charge in [-0.3, -0.25) is 14.4 Å². The van der Waals surface area contributed by atoms with E-state index in [0.717, 1.165) is 18.2 Å². The van der Waals surface area contributed by atoms with Crippen LogP contribution in [0.2, 0.25) is 0 Å². The van der Waals surface area contributed by atoms with Crippen molar-refractivity contribution in [3.8, 4) is 0 Å². The van der Waals surface area contributed by atoms with E-state index in [1.807, 2.05) is 0 Å². The minimum atomic E-state index is -5.77. The molecule has 0 heterocycles. The van der Waals surface area contributed by atoms with Gasteiger partial charge in [-0.05, 0) is 12.1 Å². The summed E-state index contributed by atoms with van der Waals surface area (Å²) in [6, 6.07) is 2.93. The first-order valence-electron chi connectivity index (χ1n) is 6.56. The number of alkyl halides is 6. The average molecular weight is 393 g/mol. The Bertz CT molecular complexity index is 656. The van der Waals surface area contributed by atoms with Gasteiger partial charge in [-0.25, -0.2) is 8.78 Å². The predicted molar refractivity (Wildman–Crippen MR) is 71.9 cm³/mol. The summed E-state index contributed by atoms with van der Waals surface area (Å²) >= 11 is 0. The third-order valence-corrected chi connectivity index (χ3v) is 2.43. The van der Waals surface area contributed by atoms with Gasteiger partial charge in [0, 0.05) is 12.0 Å². The van der Waals surface area contributed by atoms with E-state index in [1.54, 1.807) is 13.8 Å². The lowest BCUT2D eigenvalue weighted by atomic mass is 10.2. The van der Waals surface area contributed by atoms with Crippen molar-refractivity contribution in [3.05, 3.63) is 29.8 Å². The van der Waals surface area contributed by atoms with E-state index in [4.69, 9.17) is 0 Å². The second kappa shape index (κ2) is 8.72. The molecule has 0 spiro atoms. The van der Waals surface area contributed by atoms with E-state index >= 15 is 0 Å². The minimum Gasteiger partial charge on any atom is -0.323 e. The molecule has 1 amide bonds. The molecule has 4 nitrogen and oxygen atoms in total. The van der Waals surface area contributed by atoms with Crippen molar-refractivity contribution in [1.82, 2.24) is 0 Å². The van der Waals surface area contributed by atoms with Gasteiger partial charge in [0.1, 0.15) is 11.6 Å². The van der Waals surface area contributed by atoms with Crippen LogP contribution in [0.4, 0.5) is 40.8 Å². The summed E-state index contributed by atoms with van der Waals surface area (Å²) in [7, 11) is 0. The molecule has 1 rings (SSSR count). The maximum Gasteiger partial charge on any atom is 0.458 e. The van der Waals surface area contributed by atoms with Crippen LogP contribution < -0.4 is 5.32 Å². The Labute approximate surface area is 141 Å². The van der Waals surface area contributed by atoms with Crippen LogP contribution in [0, 0.1) is 17.6 Å². The molecule has 12 heteroatoms. The average Bonchev–Trinajstić information content (AvgIpc) is 2.48. The van der Waals surface area contributed by atoms with E-state index in [-0.39, 0.29) is 17.5 Å². The molecule has 0 aliphatic rings. The van der Waals surface area contributed by atoms with Crippen LogP contribution in [0.25, 0.3) is 0 Å². The van der Waals surface area contributed by atoms with Gasteiger partial charge in [0.2, 0.25) is 5.91 Å². The number of ketones is 2. The van der Waals surface area contributed by atoms with Gasteiger partial charge in [0.15, 0.2) is 0 Å². The normalized spacial score (nSPS) is 11.5. The largest absolute Gasteiger partial charge is 0.458 e. The molecule has 0 radical (unpaired) electrons. The van der Waals surface area contributed by atoms with Gasteiger partial charge in [-0.15, -0.1) is 0 Å². The molecule has 0 bridgehead atoms. The van der Waals surface area contributed by atoms with Crippen LogP contribution >= 0.6 is 0 Å². The lowest BCUT2D eigenvalue weighted by Gasteiger charge is -2.08. The van der Waals surface area contributed by atoms with Crippen LogP contribution in [0.5, 0.6) is 0 Å². The molecule has 0 unspecified atom stereocenters. The van der Waals surface area contributed by atoms with Crippen LogP contribution in [-0.4, -0.2) is 29.8 Å². The summed E-state index contributed by atoms with van der Waals surface area (Å²) in [5, 5.41) is 2.30. The number of hydrogen-bond donors (Lipinski definition) is 1. The number of hydrogen-bond acceptors (Lipinski definition) is 3. The molecule has 1 N–H and O–H groups in total. The first kappa shape index (κ1) is 23.5. The summed E-state index contributed by atoms with van der Waals surface area (Å²) < 4.78 is 92.6. The Morgan fingerprint density at radius 3 is 1.65 bits per heavy atom. The fourth-order valence-corrected chi connectivity index (χ4v) is 1.13. The standard InChI is InChI=1S/C10H11F2NO.C4F6O2/c1-6(2)10(14)13-9-5-7(11)3-4-8(9)12;5-3(6,7)1(11)2(12)4(8,9)10/h3-6H,1-2H3,(H,13,14);. The van der Waals surface area contributed by atoms with Crippen LogP contribution in [-0.2, 0) is 14.4 Å². The zero-order valence-electron chi connectivity index (χ0n) is 13.1. The fraction of sp³-hybridized carbons (Fsp3) is 0.357. The molecular weight excluding hydrogens is 382 g/mol. The molecule has 0 saturated carbocycles. The van der Waals surface area contributed by atoms with Gasteiger partial charge < -0.3 is 5.32 Å². The zero-order chi connectivity index (χ0) is 20.9. The molecule has 0 fully saturated rings. The Balaban J connectivity index is 0.000000488. The Hall–Kier alpha value is -2.53. The van der Waals surface area contributed by atoms with Crippen molar-refractivity contribution in [2.75, 3.05) is 5.32 Å². The molecule has 0 atom stereocenters. The fourth-order valence-electron chi connectivity index (χ4n) is 1.13. The van der Waals surface area contributed by atoms with Crippen LogP contribution in [0.15, 0.2) is 18.2 Å². The second-order valence-electron chi connectivity index (χ2n) is 4.92. The molecule has 1 aromatic carbocycles. The van der Waals surface area contributed by atoms with Crippen molar-refractivity contribution < 1.29 is 49.5 Å². The summed E-state index contributed by atoms with van der Waals surface area (Å²) in [6.45, 7) is 3.35. The van der Waals surface area contributed by atoms with Crippen molar-refractivity contribution in [2.24, 2.45) is 5.92 Å². The number of carbonyl (C=O) groups is 3. The Morgan fingerprint density at radius 2 is 1.31 bits per heavy atom. The highest BCUT2D eigenvalue weighted by atomic mass is 19.4. The maximum absolute atomic E-state index is 13.0. The maximum atomic E-state index is 13.0. The van der Waals surface area contributed by atoms with Crippen molar-refractivity contribution in [3.63, 3.8) is 0 Å². The number of halogens is 8. The molecule has 146 valence electrons. The molecule has 0 saturated heterocycles. The minimum absolute atomic E-state index is 0.122. The number of nitrogens with one attached hydrogen (secondary N) is 1. The molecule has 26 heavy (non-hydrogen) atoms. The highest BCUT2D eigenvalue weighted by Gasteiger charge is 2.54. The molecular formula is C14H11F8NO3. The summed E-state index contributed by atoms with van der Waals surface area (Å²) in [4.78, 5) is 30.4. The topological polar surface area (TPSA) is 63.2 Å². The first-order chi connectivity index (χ1) is 11.6. The monoisotopic (exact) mass is 393 g/mol. The van der Waals surface area contributed by atoms with Gasteiger partial charge >= 0.3 is 23.9 Å². The highest BCUT2D eigenvalue weighted by molar-refractivity contribution is 6.41. The van der Waals surface area contributed by atoms with Crippen molar-refractivity contribution >= 4 is 23.2 Å². The summed E-state index contributed by atoms with van der Waals surface area (Å²) in [5.74, 6) is -8.64. The quantitative estimate of drug-likeness (QED) is 0.628. The van der Waals surface area contributed by atoms with Crippen molar-refractivity contribution in [2.45, 2.75) is 26.2 Å². The Morgan fingerprint density at radius 1 is 0.885 bits per heavy atom. The second-order valence-corrected chi connectivity index (χ2v) is 4.92. The van der Waals surface area contributed by atoms with E-state index in [9.17, 15) is 49.5 Å². The van der Waals surface area contributed by atoms with Gasteiger partial charge in [0.25, 0.3) is 0 Å². The molecule has 0 aliphatic heterocycles. The number of Topliss-reactive ketones (excluding diaryl/α,β-unsaturated/α-hetero) is 2. The number of amides is 1. The SMILES string of the molecule is CC(C)C(=O)Nc1cc(F)ccc1F.O=C(C(=O)C(F)(F)F)C(F)(F)F. The van der Waals surface area contributed by atoms with E-state index in [2.05, 4.69) is 5.32 Å². The highest BCUT2D eigenvalue weighted by Crippen LogP contribution is 2.24. The lowest BCUT2D eigenvalue weighted by molar-refractivity contribution is -0.193. The van der Waals surface area contributed by atoms with Crippen molar-refractivity contribution in [1.29, 1.82) is 0 Å². The number of carbonyl (C=O) groups excluding carboxylic acids is 3. The summed E-state index contributed by atoms with van der Waals surface area (Å²) in [6.07, 6.45) is -11.5. The third-order valence-electron chi connectivity index (χ3n) is 2.43. The summed E-state index contributed by atoms with van der Waals surface area (Å²) in [5.41, 5.74) is -0.122. The van der Waals surface area contributed by atoms with Crippen LogP contribution in [0.1, 0.15) is 13.8 Å². The number of rotatable bonds is 3. The molecule has 0 aromatic heterocycles. The van der Waals surface area contributed by atoms with E-state index in [1.165, 1.54) is 0 Å². The third kappa shape index (κ3) is 7.57. The Kier molecular flexibility index (Phi) is 7.87. The van der Waals surface area contributed by atoms with Gasteiger partial charge in [-0.2, -0.15) is 26.3 Å². The number of anilines is 1. The van der Waals surface area contributed by atoms with Crippen LogP contribution in [0.3, 0.4) is 0 Å². The van der Waals surface area contributed by atoms with Gasteiger partial charge in [0.05, 0.1) is 5.69 Å². The smallest absolute Gasteiger partial charge is 0.323 e. The van der Waals surface area contributed by atoms with E-state index < -0.39 is 35.6 Å². The predicted octanol–water partition coefficient (Wildman–Crippen LogP) is 3.81.